The van der Waals surface area contributed by atoms with Gasteiger partial charge in [-0.2, -0.15) is 10.1 Å². The van der Waals surface area contributed by atoms with Crippen molar-refractivity contribution in [1.82, 2.24) is 19.7 Å². The average molecular weight is 434 g/mol. The van der Waals surface area contributed by atoms with E-state index in [1.807, 2.05) is 38.9 Å². The number of carbonyl (C=O) groups excluding carboxylic acids is 1. The van der Waals surface area contributed by atoms with Crippen molar-refractivity contribution in [2.24, 2.45) is 5.92 Å². The molecule has 1 fully saturated rings. The second-order valence-corrected chi connectivity index (χ2v) is 8.89. The van der Waals surface area contributed by atoms with E-state index in [0.29, 0.717) is 42.5 Å². The highest BCUT2D eigenvalue weighted by Gasteiger charge is 2.36. The third-order valence-corrected chi connectivity index (χ3v) is 6.14. The van der Waals surface area contributed by atoms with Crippen LogP contribution in [0.5, 0.6) is 0 Å². The Balaban J connectivity index is 1.45. The van der Waals surface area contributed by atoms with Gasteiger partial charge in [0, 0.05) is 38.2 Å². The molecule has 0 aromatic carbocycles. The molecule has 1 aliphatic heterocycles. The second kappa shape index (κ2) is 8.05. The maximum Gasteiger partial charge on any atom is 0.248 e. The number of hydrogen-bond donors (Lipinski definition) is 2. The van der Waals surface area contributed by atoms with Crippen molar-refractivity contribution in [1.29, 1.82) is 0 Å². The Morgan fingerprint density at radius 1 is 1.29 bits per heavy atom. The normalized spacial score (nSPS) is 21.2. The molecule has 3 heterocycles. The molecular weight excluding hydrogens is 404 g/mol. The van der Waals surface area contributed by atoms with Crippen LogP contribution in [0.1, 0.15) is 56.8 Å². The van der Waals surface area contributed by atoms with Crippen LogP contribution in [0, 0.1) is 12.8 Å². The molecule has 0 unspecified atom stereocenters. The SMILES string of the molecule is Cc1nc(NCc2cnn(C3CCC(F)(F)CC3)c2)nc2c1NC(=O)[C@H](C(C)C)N2C. The van der Waals surface area contributed by atoms with Crippen LogP contribution in [0.15, 0.2) is 12.4 Å². The number of rotatable bonds is 5. The van der Waals surface area contributed by atoms with Gasteiger partial charge >= 0.3 is 0 Å². The summed E-state index contributed by atoms with van der Waals surface area (Å²) < 4.78 is 28.6. The van der Waals surface area contributed by atoms with E-state index in [9.17, 15) is 13.6 Å². The number of alkyl halides is 2. The van der Waals surface area contributed by atoms with E-state index >= 15 is 0 Å². The topological polar surface area (TPSA) is 88.0 Å². The number of aryl methyl sites for hydroxylation is 1. The Labute approximate surface area is 180 Å². The third-order valence-electron chi connectivity index (χ3n) is 6.14. The van der Waals surface area contributed by atoms with E-state index < -0.39 is 5.92 Å². The van der Waals surface area contributed by atoms with Crippen molar-refractivity contribution in [3.05, 3.63) is 23.7 Å². The van der Waals surface area contributed by atoms with E-state index in [1.165, 1.54) is 0 Å². The summed E-state index contributed by atoms with van der Waals surface area (Å²) in [5, 5.41) is 10.5. The Hall–Kier alpha value is -2.78. The molecule has 0 spiro atoms. The second-order valence-electron chi connectivity index (χ2n) is 8.89. The molecule has 2 aliphatic rings. The van der Waals surface area contributed by atoms with Crippen molar-refractivity contribution in [2.45, 2.75) is 71.0 Å². The molecule has 2 aromatic rings. The van der Waals surface area contributed by atoms with Gasteiger partial charge in [0.25, 0.3) is 0 Å². The van der Waals surface area contributed by atoms with Gasteiger partial charge in [-0.25, -0.2) is 13.8 Å². The van der Waals surface area contributed by atoms with Crippen molar-refractivity contribution in [3.63, 3.8) is 0 Å². The number of halogens is 2. The fourth-order valence-corrected chi connectivity index (χ4v) is 4.43. The lowest BCUT2D eigenvalue weighted by molar-refractivity contribution is -0.118. The summed E-state index contributed by atoms with van der Waals surface area (Å²) >= 11 is 0. The number of aromatic nitrogens is 4. The highest BCUT2D eigenvalue weighted by molar-refractivity contribution is 6.03. The van der Waals surface area contributed by atoms with Crippen LogP contribution in [0.2, 0.25) is 0 Å². The molecular formula is C21H29F2N7O. The quantitative estimate of drug-likeness (QED) is 0.747. The lowest BCUT2D eigenvalue weighted by Crippen LogP contribution is -2.49. The summed E-state index contributed by atoms with van der Waals surface area (Å²) in [6.45, 7) is 6.31. The summed E-state index contributed by atoms with van der Waals surface area (Å²) in [6.07, 6.45) is 4.33. The summed E-state index contributed by atoms with van der Waals surface area (Å²) in [7, 11) is 1.87. The van der Waals surface area contributed by atoms with Crippen LogP contribution < -0.4 is 15.5 Å². The first-order valence-corrected chi connectivity index (χ1v) is 10.7. The van der Waals surface area contributed by atoms with Crippen LogP contribution in [-0.4, -0.2) is 44.7 Å². The molecule has 0 saturated heterocycles. The maximum atomic E-state index is 13.4. The van der Waals surface area contributed by atoms with Gasteiger partial charge in [0.2, 0.25) is 17.8 Å². The zero-order valence-electron chi connectivity index (χ0n) is 18.3. The van der Waals surface area contributed by atoms with Crippen molar-refractivity contribution < 1.29 is 13.6 Å². The summed E-state index contributed by atoms with van der Waals surface area (Å²) in [5.41, 5.74) is 2.25. The van der Waals surface area contributed by atoms with Crippen molar-refractivity contribution in [2.75, 3.05) is 22.6 Å². The van der Waals surface area contributed by atoms with Gasteiger partial charge in [0.15, 0.2) is 5.82 Å². The fraction of sp³-hybridized carbons (Fsp3) is 0.619. The molecule has 31 heavy (non-hydrogen) atoms. The van der Waals surface area contributed by atoms with Gasteiger partial charge in [0.05, 0.1) is 17.9 Å². The number of likely N-dealkylation sites (N-methyl/N-ethyl adjacent to an activating group) is 1. The minimum absolute atomic E-state index is 0.0147. The largest absolute Gasteiger partial charge is 0.350 e. The number of amides is 1. The lowest BCUT2D eigenvalue weighted by Gasteiger charge is -2.36. The number of fused-ring (bicyclic) bond motifs is 1. The van der Waals surface area contributed by atoms with Gasteiger partial charge in [-0.1, -0.05) is 13.8 Å². The number of hydrogen-bond acceptors (Lipinski definition) is 6. The molecule has 1 aliphatic carbocycles. The van der Waals surface area contributed by atoms with Gasteiger partial charge < -0.3 is 15.5 Å². The predicted molar refractivity (Wildman–Crippen MR) is 114 cm³/mol. The highest BCUT2D eigenvalue weighted by atomic mass is 19.3. The highest BCUT2D eigenvalue weighted by Crippen LogP contribution is 2.38. The summed E-state index contributed by atoms with van der Waals surface area (Å²) in [5.74, 6) is -1.31. The maximum absolute atomic E-state index is 13.4. The Kier molecular flexibility index (Phi) is 5.57. The van der Waals surface area contributed by atoms with E-state index in [-0.39, 0.29) is 36.8 Å². The number of carbonyl (C=O) groups is 1. The number of anilines is 3. The molecule has 10 heteroatoms. The van der Waals surface area contributed by atoms with E-state index in [4.69, 9.17) is 0 Å². The van der Waals surface area contributed by atoms with Gasteiger partial charge in [-0.15, -0.1) is 0 Å². The van der Waals surface area contributed by atoms with E-state index in [1.54, 1.807) is 10.9 Å². The monoisotopic (exact) mass is 433 g/mol. The Morgan fingerprint density at radius 2 is 2.00 bits per heavy atom. The van der Waals surface area contributed by atoms with Crippen LogP contribution >= 0.6 is 0 Å². The molecule has 8 nitrogen and oxygen atoms in total. The number of nitrogens with one attached hydrogen (secondary N) is 2. The zero-order valence-corrected chi connectivity index (χ0v) is 18.3. The van der Waals surface area contributed by atoms with Gasteiger partial charge in [-0.3, -0.25) is 9.48 Å². The molecule has 168 valence electrons. The minimum Gasteiger partial charge on any atom is -0.350 e. The molecule has 2 aromatic heterocycles. The third kappa shape index (κ3) is 4.33. The van der Waals surface area contributed by atoms with Gasteiger partial charge in [0.1, 0.15) is 11.7 Å². The van der Waals surface area contributed by atoms with Gasteiger partial charge in [-0.05, 0) is 25.7 Å². The Morgan fingerprint density at radius 3 is 2.68 bits per heavy atom. The first-order chi connectivity index (χ1) is 14.6. The predicted octanol–water partition coefficient (Wildman–Crippen LogP) is 3.76. The van der Waals surface area contributed by atoms with E-state index in [0.717, 1.165) is 5.56 Å². The van der Waals surface area contributed by atoms with Crippen LogP contribution in [0.25, 0.3) is 0 Å². The number of nitrogens with zero attached hydrogens (tertiary/aromatic N) is 5. The fourth-order valence-electron chi connectivity index (χ4n) is 4.43. The lowest BCUT2D eigenvalue weighted by atomic mass is 9.92. The smallest absolute Gasteiger partial charge is 0.248 e. The van der Waals surface area contributed by atoms with Crippen molar-refractivity contribution >= 4 is 23.4 Å². The van der Waals surface area contributed by atoms with Crippen molar-refractivity contribution in [3.8, 4) is 0 Å². The molecule has 1 atom stereocenters. The molecule has 2 N–H and O–H groups in total. The molecule has 0 bridgehead atoms. The molecule has 1 saturated carbocycles. The van der Waals surface area contributed by atoms with Crippen LogP contribution in [0.3, 0.4) is 0 Å². The Bertz CT molecular complexity index is 965. The van der Waals surface area contributed by atoms with Crippen LogP contribution in [0.4, 0.5) is 26.2 Å². The molecule has 0 radical (unpaired) electrons. The molecule has 1 amide bonds. The average Bonchev–Trinajstić information content (AvgIpc) is 3.16. The molecule has 4 rings (SSSR count). The summed E-state index contributed by atoms with van der Waals surface area (Å²) in [4.78, 5) is 23.5. The van der Waals surface area contributed by atoms with Crippen LogP contribution in [-0.2, 0) is 11.3 Å². The summed E-state index contributed by atoms with van der Waals surface area (Å²) in [6, 6.07) is -0.281. The van der Waals surface area contributed by atoms with E-state index in [2.05, 4.69) is 25.7 Å². The zero-order chi connectivity index (χ0) is 22.3. The first kappa shape index (κ1) is 21.5. The standard InChI is InChI=1S/C21H29F2N7O/c1-12(2)17-19(31)27-16-13(3)26-20(28-18(16)29(17)4)24-9-14-10-25-30(11-14)15-5-7-21(22,23)8-6-15/h10-12,15,17H,5-9H2,1-4H3,(H,27,31)(H,24,26,28)/t17-/m0/s1. The first-order valence-electron chi connectivity index (χ1n) is 10.7. The minimum atomic E-state index is -2.54.